The fourth-order valence-electron chi connectivity index (χ4n) is 3.29. The van der Waals surface area contributed by atoms with E-state index in [0.29, 0.717) is 12.0 Å². The number of nitrogens with zero attached hydrogens (tertiary/aromatic N) is 2. The number of hydrogen-bond donors (Lipinski definition) is 1. The lowest BCUT2D eigenvalue weighted by atomic mass is 9.64. The van der Waals surface area contributed by atoms with E-state index in [2.05, 4.69) is 32.1 Å². The van der Waals surface area contributed by atoms with E-state index in [1.54, 1.807) is 0 Å². The van der Waals surface area contributed by atoms with Gasteiger partial charge in [0.2, 0.25) is 0 Å². The van der Waals surface area contributed by atoms with Crippen LogP contribution >= 0.6 is 0 Å². The molecule has 0 spiro atoms. The summed E-state index contributed by atoms with van der Waals surface area (Å²) < 4.78 is 1.88. The van der Waals surface area contributed by atoms with Gasteiger partial charge in [-0.3, -0.25) is 4.68 Å². The van der Waals surface area contributed by atoms with E-state index in [0.717, 1.165) is 12.3 Å². The maximum absolute atomic E-state index is 6.37. The van der Waals surface area contributed by atoms with Crippen LogP contribution in [-0.2, 0) is 12.5 Å². The first kappa shape index (κ1) is 12.6. The molecule has 0 bridgehead atoms. The quantitative estimate of drug-likeness (QED) is 0.855. The van der Waals surface area contributed by atoms with Gasteiger partial charge >= 0.3 is 0 Å². The van der Waals surface area contributed by atoms with Crippen molar-refractivity contribution in [3.63, 3.8) is 0 Å². The van der Waals surface area contributed by atoms with Crippen LogP contribution in [0.5, 0.6) is 0 Å². The highest BCUT2D eigenvalue weighted by Gasteiger charge is 2.38. The highest BCUT2D eigenvalue weighted by molar-refractivity contribution is 5.20. The van der Waals surface area contributed by atoms with Crippen molar-refractivity contribution in [2.75, 3.05) is 0 Å². The van der Waals surface area contributed by atoms with Gasteiger partial charge in [-0.25, -0.2) is 0 Å². The molecule has 2 N–H and O–H groups in total. The topological polar surface area (TPSA) is 43.8 Å². The van der Waals surface area contributed by atoms with Crippen molar-refractivity contribution >= 4 is 0 Å². The third kappa shape index (κ3) is 2.39. The van der Waals surface area contributed by atoms with Gasteiger partial charge in [0.1, 0.15) is 0 Å². The summed E-state index contributed by atoms with van der Waals surface area (Å²) in [7, 11) is 1.97. The van der Waals surface area contributed by atoms with Crippen molar-refractivity contribution in [1.82, 2.24) is 9.78 Å². The van der Waals surface area contributed by atoms with Gasteiger partial charge in [-0.2, -0.15) is 5.10 Å². The third-order valence-corrected chi connectivity index (χ3v) is 4.54. The van der Waals surface area contributed by atoms with Gasteiger partial charge < -0.3 is 5.73 Å². The Balaban J connectivity index is 2.20. The summed E-state index contributed by atoms with van der Waals surface area (Å²) in [5.74, 6) is 1.36. The second-order valence-electron chi connectivity index (χ2n) is 6.31. The Bertz CT molecular complexity index is 381. The van der Waals surface area contributed by atoms with E-state index < -0.39 is 0 Å². The summed E-state index contributed by atoms with van der Waals surface area (Å²) >= 11 is 0. The van der Waals surface area contributed by atoms with Gasteiger partial charge in [-0.15, -0.1) is 0 Å². The molecular formula is C14H25N3. The zero-order chi connectivity index (χ0) is 12.6. The lowest BCUT2D eigenvalue weighted by Gasteiger charge is -2.42. The van der Waals surface area contributed by atoms with E-state index in [1.165, 1.54) is 18.4 Å². The van der Waals surface area contributed by atoms with E-state index >= 15 is 0 Å². The minimum atomic E-state index is 0.133. The van der Waals surface area contributed by atoms with E-state index in [9.17, 15) is 0 Å². The molecule has 0 radical (unpaired) electrons. The molecule has 0 amide bonds. The minimum absolute atomic E-state index is 0.133. The fraction of sp³-hybridized carbons (Fsp3) is 0.786. The second-order valence-corrected chi connectivity index (χ2v) is 6.31. The van der Waals surface area contributed by atoms with Gasteiger partial charge in [0.15, 0.2) is 0 Å². The number of rotatable bonds is 2. The lowest BCUT2D eigenvalue weighted by Crippen LogP contribution is -2.45. The Hall–Kier alpha value is -0.830. The van der Waals surface area contributed by atoms with Gasteiger partial charge in [0.05, 0.1) is 6.20 Å². The standard InChI is InChI=1S/C14H25N3/c1-10-5-6-12(13(15)7-10)14(2,3)11-8-16-17(4)9-11/h8-10,12-13H,5-7,15H2,1-4H3. The molecule has 3 heteroatoms. The van der Waals surface area contributed by atoms with Crippen molar-refractivity contribution in [2.24, 2.45) is 24.6 Å². The molecule has 96 valence electrons. The highest BCUT2D eigenvalue weighted by atomic mass is 15.2. The predicted octanol–water partition coefficient (Wildman–Crippen LogP) is 2.46. The van der Waals surface area contributed by atoms with Crippen LogP contribution < -0.4 is 5.73 Å². The molecular weight excluding hydrogens is 210 g/mol. The van der Waals surface area contributed by atoms with Crippen LogP contribution in [0.3, 0.4) is 0 Å². The summed E-state index contributed by atoms with van der Waals surface area (Å²) in [5.41, 5.74) is 7.82. The van der Waals surface area contributed by atoms with Crippen LogP contribution in [0.4, 0.5) is 0 Å². The van der Waals surface area contributed by atoms with E-state index in [-0.39, 0.29) is 5.41 Å². The molecule has 0 aliphatic heterocycles. The summed E-state index contributed by atoms with van der Waals surface area (Å²) in [6.45, 7) is 6.93. The smallest absolute Gasteiger partial charge is 0.0527 e. The summed E-state index contributed by atoms with van der Waals surface area (Å²) in [4.78, 5) is 0. The summed E-state index contributed by atoms with van der Waals surface area (Å²) in [6.07, 6.45) is 7.83. The van der Waals surface area contributed by atoms with E-state index in [1.807, 2.05) is 17.9 Å². The average molecular weight is 235 g/mol. The maximum atomic E-state index is 6.37. The van der Waals surface area contributed by atoms with Crippen LogP contribution in [0.25, 0.3) is 0 Å². The Labute approximate surface area is 104 Å². The predicted molar refractivity (Wildman–Crippen MR) is 70.7 cm³/mol. The number of aryl methyl sites for hydroxylation is 1. The molecule has 17 heavy (non-hydrogen) atoms. The van der Waals surface area contributed by atoms with Crippen LogP contribution in [0.1, 0.15) is 45.6 Å². The Morgan fingerprint density at radius 1 is 1.41 bits per heavy atom. The first-order valence-electron chi connectivity index (χ1n) is 6.66. The van der Waals surface area contributed by atoms with Crippen molar-refractivity contribution in [3.05, 3.63) is 18.0 Å². The average Bonchev–Trinajstić information content (AvgIpc) is 2.64. The van der Waals surface area contributed by atoms with Crippen molar-refractivity contribution in [2.45, 2.75) is 51.5 Å². The number of hydrogen-bond acceptors (Lipinski definition) is 2. The normalized spacial score (nSPS) is 30.5. The molecule has 1 aromatic heterocycles. The summed E-state index contributed by atoms with van der Waals surface area (Å²) in [6, 6.07) is 0.328. The molecule has 1 aromatic rings. The Morgan fingerprint density at radius 2 is 2.12 bits per heavy atom. The first-order chi connectivity index (χ1) is 7.91. The molecule has 1 aliphatic carbocycles. The molecule has 1 heterocycles. The molecule has 3 nitrogen and oxygen atoms in total. The third-order valence-electron chi connectivity index (χ3n) is 4.54. The van der Waals surface area contributed by atoms with Crippen LogP contribution in [0.15, 0.2) is 12.4 Å². The second kappa shape index (κ2) is 4.45. The van der Waals surface area contributed by atoms with Crippen molar-refractivity contribution in [1.29, 1.82) is 0 Å². The lowest BCUT2D eigenvalue weighted by molar-refractivity contribution is 0.171. The van der Waals surface area contributed by atoms with Crippen LogP contribution in [-0.4, -0.2) is 15.8 Å². The zero-order valence-corrected chi connectivity index (χ0v) is 11.5. The highest BCUT2D eigenvalue weighted by Crippen LogP contribution is 2.41. The zero-order valence-electron chi connectivity index (χ0n) is 11.5. The minimum Gasteiger partial charge on any atom is -0.327 e. The Kier molecular flexibility index (Phi) is 3.30. The fourth-order valence-corrected chi connectivity index (χ4v) is 3.29. The SMILES string of the molecule is CC1CCC(C(C)(C)c2cnn(C)c2)C(N)C1. The van der Waals surface area contributed by atoms with Crippen molar-refractivity contribution in [3.8, 4) is 0 Å². The van der Waals surface area contributed by atoms with Crippen LogP contribution in [0, 0.1) is 11.8 Å². The van der Waals surface area contributed by atoms with Gasteiger partial charge in [0.25, 0.3) is 0 Å². The molecule has 1 aliphatic rings. The number of nitrogens with two attached hydrogens (primary N) is 1. The molecule has 2 rings (SSSR count). The molecule has 1 saturated carbocycles. The first-order valence-corrected chi connectivity index (χ1v) is 6.66. The largest absolute Gasteiger partial charge is 0.327 e. The number of aromatic nitrogens is 2. The molecule has 1 fully saturated rings. The van der Waals surface area contributed by atoms with Crippen molar-refractivity contribution < 1.29 is 0 Å². The van der Waals surface area contributed by atoms with Gasteiger partial charge in [-0.1, -0.05) is 27.2 Å². The maximum Gasteiger partial charge on any atom is 0.0527 e. The van der Waals surface area contributed by atoms with Crippen LogP contribution in [0.2, 0.25) is 0 Å². The molecule has 0 aromatic carbocycles. The molecule has 3 unspecified atom stereocenters. The van der Waals surface area contributed by atoms with Gasteiger partial charge in [-0.05, 0) is 35.7 Å². The van der Waals surface area contributed by atoms with Gasteiger partial charge in [0, 0.05) is 19.3 Å². The monoisotopic (exact) mass is 235 g/mol. The molecule has 0 saturated heterocycles. The van der Waals surface area contributed by atoms with E-state index in [4.69, 9.17) is 5.73 Å². The Morgan fingerprint density at radius 3 is 2.65 bits per heavy atom. The molecule has 3 atom stereocenters. The summed E-state index contributed by atoms with van der Waals surface area (Å²) in [5, 5.41) is 4.29.